The van der Waals surface area contributed by atoms with Crippen LogP contribution in [0.2, 0.25) is 0 Å². The molecule has 2 heteroatoms. The number of rotatable bonds is 7. The first-order valence-corrected chi connectivity index (χ1v) is 6.66. The number of allylic oxidation sites excluding steroid dienone is 1. The van der Waals surface area contributed by atoms with Crippen molar-refractivity contribution in [1.29, 1.82) is 0 Å². The number of hydrogen-bond acceptors (Lipinski definition) is 1. The summed E-state index contributed by atoms with van der Waals surface area (Å²) in [6.45, 7) is 10.0. The fraction of sp³-hybridized carbons (Fsp3) is 0.833. The van der Waals surface area contributed by atoms with Gasteiger partial charge in [-0.3, -0.25) is 0 Å². The zero-order valence-electron chi connectivity index (χ0n) is 10.5. The molecule has 0 rings (SSSR count). The summed E-state index contributed by atoms with van der Waals surface area (Å²) in [7, 11) is 0.864. The molecule has 0 aromatic heterocycles. The molecule has 0 aromatic carbocycles. The molecule has 0 N–H and O–H groups in total. The summed E-state index contributed by atoms with van der Waals surface area (Å²) in [5.41, 5.74) is 1.60. The van der Waals surface area contributed by atoms with Gasteiger partial charge < -0.3 is 4.43 Å². The van der Waals surface area contributed by atoms with Gasteiger partial charge in [0.1, 0.15) is 10.5 Å². The minimum absolute atomic E-state index is 0.716. The van der Waals surface area contributed by atoms with Crippen molar-refractivity contribution in [1.82, 2.24) is 0 Å². The summed E-state index contributed by atoms with van der Waals surface area (Å²) >= 11 is 0. The predicted molar refractivity (Wildman–Crippen MR) is 67.5 cm³/mol. The molecule has 2 unspecified atom stereocenters. The molecule has 0 fully saturated rings. The highest BCUT2D eigenvalue weighted by atomic mass is 28.2. The van der Waals surface area contributed by atoms with Crippen LogP contribution in [-0.4, -0.2) is 17.1 Å². The molecule has 0 saturated carbocycles. The van der Waals surface area contributed by atoms with Crippen LogP contribution < -0.4 is 0 Å². The molecule has 0 radical (unpaired) electrons. The highest BCUT2D eigenvalue weighted by Crippen LogP contribution is 2.20. The van der Waals surface area contributed by atoms with E-state index in [4.69, 9.17) is 4.43 Å². The van der Waals surface area contributed by atoms with Crippen molar-refractivity contribution < 1.29 is 4.43 Å². The molecular formula is C12H26OSi. The maximum absolute atomic E-state index is 5.28. The van der Waals surface area contributed by atoms with Crippen molar-refractivity contribution >= 4 is 10.5 Å². The van der Waals surface area contributed by atoms with Crippen LogP contribution >= 0.6 is 0 Å². The van der Waals surface area contributed by atoms with E-state index in [1.165, 1.54) is 12.8 Å². The lowest BCUT2D eigenvalue weighted by Crippen LogP contribution is -2.04. The summed E-state index contributed by atoms with van der Waals surface area (Å²) < 4.78 is 5.28. The van der Waals surface area contributed by atoms with Gasteiger partial charge in [-0.15, -0.1) is 0 Å². The highest BCUT2D eigenvalue weighted by Gasteiger charge is 2.07. The quantitative estimate of drug-likeness (QED) is 0.468. The van der Waals surface area contributed by atoms with Crippen molar-refractivity contribution in [3.8, 4) is 0 Å². The van der Waals surface area contributed by atoms with E-state index in [9.17, 15) is 0 Å². The second kappa shape index (κ2) is 8.24. The Balaban J connectivity index is 4.29. The van der Waals surface area contributed by atoms with Crippen molar-refractivity contribution in [2.24, 2.45) is 11.8 Å². The van der Waals surface area contributed by atoms with Gasteiger partial charge in [-0.1, -0.05) is 45.8 Å². The number of hydrogen-bond donors (Lipinski definition) is 0. The Hall–Kier alpha value is -0.0831. The maximum atomic E-state index is 5.28. The molecule has 0 spiro atoms. The van der Waals surface area contributed by atoms with Crippen molar-refractivity contribution in [3.05, 3.63) is 11.6 Å². The normalized spacial score (nSPS) is 17.0. The first-order chi connectivity index (χ1) is 6.65. The third kappa shape index (κ3) is 5.61. The predicted octanol–water partition coefficient (Wildman–Crippen LogP) is 2.69. The summed E-state index contributed by atoms with van der Waals surface area (Å²) in [4.78, 5) is 0. The van der Waals surface area contributed by atoms with Crippen LogP contribution in [0.15, 0.2) is 11.6 Å². The largest absolute Gasteiger partial charge is 0.428 e. The van der Waals surface area contributed by atoms with E-state index in [0.29, 0.717) is 5.92 Å². The van der Waals surface area contributed by atoms with Gasteiger partial charge in [0.05, 0.1) is 0 Å². The Bertz CT molecular complexity index is 166. The van der Waals surface area contributed by atoms with Crippen LogP contribution in [0, 0.1) is 11.8 Å². The topological polar surface area (TPSA) is 9.23 Å². The van der Waals surface area contributed by atoms with Crippen LogP contribution in [0.3, 0.4) is 0 Å². The zero-order valence-corrected chi connectivity index (χ0v) is 12.5. The second-order valence-electron chi connectivity index (χ2n) is 4.18. The third-order valence-electron chi connectivity index (χ3n) is 2.98. The van der Waals surface area contributed by atoms with Gasteiger partial charge in [-0.05, 0) is 24.7 Å². The molecule has 0 aromatic rings. The molecule has 1 nitrogen and oxygen atoms in total. The van der Waals surface area contributed by atoms with E-state index in [-0.39, 0.29) is 0 Å². The van der Waals surface area contributed by atoms with Crippen molar-refractivity contribution in [2.45, 2.75) is 47.0 Å². The first-order valence-electron chi connectivity index (χ1n) is 5.85. The molecule has 0 saturated heterocycles. The maximum Gasteiger partial charge on any atom is 0.145 e. The average Bonchev–Trinajstić information content (AvgIpc) is 2.22. The Morgan fingerprint density at radius 1 is 1.29 bits per heavy atom. The van der Waals surface area contributed by atoms with Crippen LogP contribution in [0.5, 0.6) is 0 Å². The van der Waals surface area contributed by atoms with E-state index in [1.54, 1.807) is 5.57 Å². The Labute approximate surface area is 92.5 Å². The summed E-state index contributed by atoms with van der Waals surface area (Å²) in [5.74, 6) is 1.44. The molecule has 0 amide bonds. The molecule has 0 heterocycles. The van der Waals surface area contributed by atoms with E-state index < -0.39 is 0 Å². The molecule has 14 heavy (non-hydrogen) atoms. The molecule has 0 aliphatic carbocycles. The van der Waals surface area contributed by atoms with Gasteiger partial charge >= 0.3 is 0 Å². The monoisotopic (exact) mass is 214 g/mol. The third-order valence-corrected chi connectivity index (χ3v) is 3.39. The van der Waals surface area contributed by atoms with Crippen LogP contribution in [0.25, 0.3) is 0 Å². The zero-order chi connectivity index (χ0) is 11.0. The molecule has 0 aliphatic rings. The molecule has 84 valence electrons. The lowest BCUT2D eigenvalue weighted by Gasteiger charge is -2.16. The summed E-state index contributed by atoms with van der Waals surface area (Å²) in [6, 6.07) is 0. The Morgan fingerprint density at radius 3 is 2.36 bits per heavy atom. The van der Waals surface area contributed by atoms with Gasteiger partial charge in [0.2, 0.25) is 0 Å². The van der Waals surface area contributed by atoms with Gasteiger partial charge in [0.25, 0.3) is 0 Å². The Morgan fingerprint density at radius 2 is 1.93 bits per heavy atom. The van der Waals surface area contributed by atoms with Gasteiger partial charge in [-0.2, -0.15) is 0 Å². The van der Waals surface area contributed by atoms with E-state index in [1.807, 2.05) is 0 Å². The van der Waals surface area contributed by atoms with Gasteiger partial charge in [-0.25, -0.2) is 0 Å². The smallest absolute Gasteiger partial charge is 0.145 e. The standard InChI is InChI=1S/C12H26OSi/c1-5-10(3)9-12(7-8-13-14)11(4)6-2/h9-11H,5-8H2,1-4,14H3. The van der Waals surface area contributed by atoms with Crippen LogP contribution in [0.4, 0.5) is 0 Å². The van der Waals surface area contributed by atoms with Crippen molar-refractivity contribution in [2.75, 3.05) is 6.61 Å². The van der Waals surface area contributed by atoms with Gasteiger partial charge in [0.15, 0.2) is 0 Å². The first kappa shape index (κ1) is 13.9. The lowest BCUT2D eigenvalue weighted by atomic mass is 9.92. The highest BCUT2D eigenvalue weighted by molar-refractivity contribution is 5.97. The summed E-state index contributed by atoms with van der Waals surface area (Å²) in [6.07, 6.45) is 6.06. The second-order valence-corrected chi connectivity index (χ2v) is 4.76. The van der Waals surface area contributed by atoms with E-state index >= 15 is 0 Å². The lowest BCUT2D eigenvalue weighted by molar-refractivity contribution is 0.346. The minimum Gasteiger partial charge on any atom is -0.428 e. The molecule has 0 aliphatic heterocycles. The van der Waals surface area contributed by atoms with E-state index in [2.05, 4.69) is 33.8 Å². The molecule has 2 atom stereocenters. The SMILES string of the molecule is CCC(C)C=C(CCO[SiH3])C(C)CC. The van der Waals surface area contributed by atoms with Crippen LogP contribution in [0.1, 0.15) is 47.0 Å². The average molecular weight is 214 g/mol. The fourth-order valence-corrected chi connectivity index (χ4v) is 1.66. The molecular weight excluding hydrogens is 188 g/mol. The van der Waals surface area contributed by atoms with Gasteiger partial charge in [0, 0.05) is 6.61 Å². The summed E-state index contributed by atoms with van der Waals surface area (Å²) in [5, 5.41) is 0. The van der Waals surface area contributed by atoms with Crippen molar-refractivity contribution in [3.63, 3.8) is 0 Å². The fourth-order valence-electron chi connectivity index (χ4n) is 1.46. The minimum atomic E-state index is 0.716. The van der Waals surface area contributed by atoms with E-state index in [0.717, 1.165) is 29.4 Å². The van der Waals surface area contributed by atoms with Crippen LogP contribution in [-0.2, 0) is 4.43 Å². The molecule has 0 bridgehead atoms. The Kier molecular flexibility index (Phi) is 8.19.